The van der Waals surface area contributed by atoms with Crippen LogP contribution in [-0.2, 0) is 134 Å². The number of aromatic hydroxyl groups is 1. The smallest absolute Gasteiger partial charge is 0.326 e. The number of nitrogens with one attached hydrogen (secondary N) is 20. The molecule has 0 saturated carbocycles. The van der Waals surface area contributed by atoms with E-state index in [9.17, 15) is 166 Å². The maximum Gasteiger partial charge on any atom is 0.326 e. The van der Waals surface area contributed by atoms with Crippen LogP contribution >= 0.6 is 0 Å². The number of phenols is 1. The van der Waals surface area contributed by atoms with Gasteiger partial charge in [0, 0.05) is 44.7 Å². The molecule has 826 valence electrons. The predicted octanol–water partition coefficient (Wildman–Crippen LogP) is -12.5. The number of aromatic amines is 1. The molecule has 0 fully saturated rings. The molecular formula is C91H138N24O34. The summed E-state index contributed by atoms with van der Waals surface area (Å²) in [5.41, 5.74) is 16.0. The standard InChI is InChI=1S/C91H138N24O34/c1-42(2)30-57(79(137)102-53(24-27-67(125)126)76(134)96-36-65(123)101-55(23-26-64(94)122)78(136)100-44(5)73(131)99-45(6)74(132)103-56(89(147)148)18-14-15-29-92)104-80(138)58(32-49-19-21-51(121)22-20-49)105-83(141)61(38-116)108-85(143)63(40-118)109-86(144)70(43(3)4)113-82(140)60(34-69(129)130)106-84(142)62(39-117)110-88(146)72(47(8)120)114-81(139)59(31-48-16-12-11-13-17-48)107-87(145)71(46(7)119)112-66(124)37-97-77(135)54(25-28-68(127)128)111-90(149)91(9,10)115-75(133)52(93)33-50-35-95-41-98-50/h11-13,16-17,19-22,35,41-47,52-63,70-72,116-121H,14-15,18,23-34,36-40,92-93H2,1-10H3,(H2,94,122)(H,95,98)(H,96,134)(H,97,135)(H,99,131)(H,100,136)(H,101,123)(H,102,137)(H,103,132)(H,104,138)(H,105,141)(H,106,142)(H,107,145)(H,108,143)(H,109,144)(H,110,146)(H,111,149)(H,112,124)(H,113,140)(H,114,139)(H,115,133)(H,125,126)(H,127,128)(H,129,130)(H,147,148)/t44-,45-,46+,47+,52-,53-,54-,55-,56-,57-,58-,59-,60-,61+,62-,63-,70-,71-,72-/m0/s1. The van der Waals surface area contributed by atoms with Crippen LogP contribution in [0, 0.1) is 11.8 Å². The third-order valence-electron chi connectivity index (χ3n) is 22.2. The molecule has 2 aromatic carbocycles. The second-order valence-corrected chi connectivity index (χ2v) is 36.1. The van der Waals surface area contributed by atoms with Gasteiger partial charge >= 0.3 is 23.9 Å². The first-order valence-electron chi connectivity index (χ1n) is 47.2. The molecule has 58 nitrogen and oxygen atoms in total. The normalized spacial score (nSPS) is 15.0. The van der Waals surface area contributed by atoms with Gasteiger partial charge in [0.25, 0.3) is 0 Å². The van der Waals surface area contributed by atoms with Crippen molar-refractivity contribution in [3.63, 3.8) is 0 Å². The molecule has 1 aromatic heterocycles. The molecule has 1 heterocycles. The van der Waals surface area contributed by atoms with E-state index in [1.54, 1.807) is 19.9 Å². The van der Waals surface area contributed by atoms with Crippen molar-refractivity contribution >= 4 is 142 Å². The van der Waals surface area contributed by atoms with Crippen LogP contribution in [-0.4, -0.2) is 363 Å². The number of rotatable bonds is 68. The van der Waals surface area contributed by atoms with Crippen LogP contribution in [0.1, 0.15) is 157 Å². The van der Waals surface area contributed by atoms with Crippen molar-refractivity contribution in [1.29, 1.82) is 0 Å². The molecule has 0 spiro atoms. The highest BCUT2D eigenvalue weighted by atomic mass is 16.4. The third-order valence-corrected chi connectivity index (χ3v) is 22.2. The summed E-state index contributed by atoms with van der Waals surface area (Å²) >= 11 is 0. The third kappa shape index (κ3) is 46.4. The van der Waals surface area contributed by atoms with E-state index in [1.165, 1.54) is 103 Å². The Labute approximate surface area is 853 Å². The minimum absolute atomic E-state index is 0.0263. The monoisotopic (exact) mass is 2110 g/mol. The Bertz CT molecular complexity index is 5110. The summed E-state index contributed by atoms with van der Waals surface area (Å²) in [4.78, 5) is 329. The number of aromatic nitrogens is 2. The Morgan fingerprint density at radius 2 is 0.779 bits per heavy atom. The first-order valence-corrected chi connectivity index (χ1v) is 47.2. The zero-order valence-corrected chi connectivity index (χ0v) is 83.6. The van der Waals surface area contributed by atoms with Gasteiger partial charge in [-0.15, -0.1) is 0 Å². The van der Waals surface area contributed by atoms with Crippen molar-refractivity contribution in [3.05, 3.63) is 83.9 Å². The van der Waals surface area contributed by atoms with E-state index < -0.39 is 365 Å². The second kappa shape index (κ2) is 63.8. The highest BCUT2D eigenvalue weighted by Gasteiger charge is 2.42. The molecule has 3 rings (SSSR count). The first-order chi connectivity index (χ1) is 69.8. The fourth-order valence-electron chi connectivity index (χ4n) is 13.8. The van der Waals surface area contributed by atoms with E-state index in [2.05, 4.69) is 100 Å². The van der Waals surface area contributed by atoms with Crippen molar-refractivity contribution in [2.24, 2.45) is 29.0 Å². The number of nitrogens with two attached hydrogens (primary N) is 3. The van der Waals surface area contributed by atoms with E-state index in [-0.39, 0.29) is 37.1 Å². The minimum atomic E-state index is -2.23. The topological polar surface area (TPSA) is 947 Å². The molecule has 3 aromatic rings. The molecule has 0 saturated heterocycles. The molecule has 0 aliphatic carbocycles. The number of imidazole rings is 1. The molecule has 0 aliphatic heterocycles. The maximum absolute atomic E-state index is 14.6. The van der Waals surface area contributed by atoms with Crippen molar-refractivity contribution in [2.75, 3.05) is 39.5 Å². The van der Waals surface area contributed by atoms with E-state index in [1.807, 2.05) is 10.6 Å². The number of carboxylic acid groups (broad SMARTS) is 4. The van der Waals surface area contributed by atoms with Crippen LogP contribution in [0.2, 0.25) is 0 Å². The van der Waals surface area contributed by atoms with Crippen molar-refractivity contribution < 1.29 is 166 Å². The number of hydrogen-bond acceptors (Lipinski definition) is 33. The number of aliphatic hydroxyl groups excluding tert-OH is 5. The fraction of sp³-hybridized carbons (Fsp3) is 0.571. The number of nitrogens with zero attached hydrogens (tertiary/aromatic N) is 1. The molecule has 0 bridgehead atoms. The number of amides is 20. The molecule has 20 amide bonds. The number of primary amides is 1. The van der Waals surface area contributed by atoms with Crippen LogP contribution in [0.5, 0.6) is 5.75 Å². The van der Waals surface area contributed by atoms with Crippen LogP contribution in [0.4, 0.5) is 0 Å². The molecule has 19 atom stereocenters. The van der Waals surface area contributed by atoms with E-state index in [0.717, 1.165) is 13.8 Å². The number of aliphatic hydroxyl groups is 5. The maximum atomic E-state index is 14.6. The summed E-state index contributed by atoms with van der Waals surface area (Å²) in [5, 5.41) is 145. The Hall–Kier alpha value is -15.5. The molecule has 0 unspecified atom stereocenters. The number of hydrogen-bond donors (Lipinski definition) is 33. The lowest BCUT2D eigenvalue weighted by molar-refractivity contribution is -0.142. The van der Waals surface area contributed by atoms with Crippen molar-refractivity contribution in [3.8, 4) is 5.75 Å². The number of carboxylic acids is 4. The van der Waals surface area contributed by atoms with Crippen LogP contribution in [0.15, 0.2) is 67.1 Å². The fourth-order valence-corrected chi connectivity index (χ4v) is 13.8. The van der Waals surface area contributed by atoms with Crippen molar-refractivity contribution in [2.45, 2.75) is 280 Å². The molecule has 0 radical (unpaired) electrons. The highest BCUT2D eigenvalue weighted by molar-refractivity contribution is 6.03. The number of unbranched alkanes of at least 4 members (excludes halogenated alkanes) is 1. The minimum Gasteiger partial charge on any atom is -0.508 e. The summed E-state index contributed by atoms with van der Waals surface area (Å²) in [6.45, 7) is 7.02. The number of carbonyl (C=O) groups is 24. The quantitative estimate of drug-likeness (QED) is 0.0233. The van der Waals surface area contributed by atoms with Gasteiger partial charge in [-0.25, -0.2) is 9.78 Å². The Morgan fingerprint density at radius 1 is 0.389 bits per heavy atom. The molecule has 149 heavy (non-hydrogen) atoms. The summed E-state index contributed by atoms with van der Waals surface area (Å²) in [6.07, 6.45) is -6.31. The molecule has 36 N–H and O–H groups in total. The van der Waals surface area contributed by atoms with Gasteiger partial charge in [-0.1, -0.05) is 70.2 Å². The number of aliphatic carboxylic acids is 4. The lowest BCUT2D eigenvalue weighted by Gasteiger charge is -2.29. The van der Waals surface area contributed by atoms with E-state index in [4.69, 9.17) is 17.2 Å². The van der Waals surface area contributed by atoms with Gasteiger partial charge in [-0.2, -0.15) is 0 Å². The number of carbonyl (C=O) groups excluding carboxylic acids is 20. The van der Waals surface area contributed by atoms with Gasteiger partial charge in [0.1, 0.15) is 108 Å². The summed E-state index contributed by atoms with van der Waals surface area (Å²) in [6, 6.07) is -17.7. The van der Waals surface area contributed by atoms with Gasteiger partial charge in [-0.3, -0.25) is 110 Å². The predicted molar refractivity (Wildman–Crippen MR) is 517 cm³/mol. The van der Waals surface area contributed by atoms with Gasteiger partial charge < -0.3 is 174 Å². The Kier molecular flexibility index (Phi) is 54.6. The van der Waals surface area contributed by atoms with E-state index in [0.29, 0.717) is 24.1 Å². The largest absolute Gasteiger partial charge is 0.508 e. The SMILES string of the molecule is CC(C)C[C@H](NC(=O)[C@H](Cc1ccc(O)cc1)NC(=O)[C@@H](CO)NC(=O)[C@H](CO)NC(=O)[C@@H](NC(=O)[C@H](CC(=O)O)NC(=O)[C@H](CO)NC(=O)[C@@H](NC(=O)[C@H](Cc1ccccc1)NC(=O)[C@@H](NC(=O)CNC(=O)[C@H](CCC(=O)O)NC(=O)C(C)(C)NC(=O)[C@@H](N)Cc1c[nH]cn1)[C@@H](C)O)[C@@H](C)O)C(C)C)C(=O)N[C@@H](CCC(=O)O)C(=O)NCC(=O)N[C@@H](CCC(N)=O)C(=O)N[C@@H](C)C(=O)N[C@@H](C)C(=O)N[C@@H](CCCCN)C(=O)O. The Morgan fingerprint density at radius 3 is 1.24 bits per heavy atom. The number of phenolic OH excluding ortho intramolecular Hbond substituents is 1. The van der Waals surface area contributed by atoms with Crippen LogP contribution in [0.3, 0.4) is 0 Å². The zero-order chi connectivity index (χ0) is 113. The first kappa shape index (κ1) is 128. The average molecular weight is 2110 g/mol. The summed E-state index contributed by atoms with van der Waals surface area (Å²) in [7, 11) is 0. The number of H-pyrrole nitrogens is 1. The van der Waals surface area contributed by atoms with Gasteiger partial charge in [0.05, 0.1) is 69.6 Å². The zero-order valence-electron chi connectivity index (χ0n) is 83.6. The lowest BCUT2D eigenvalue weighted by Crippen LogP contribution is -2.63. The molecule has 58 heteroatoms. The van der Waals surface area contributed by atoms with Crippen LogP contribution in [0.25, 0.3) is 0 Å². The van der Waals surface area contributed by atoms with Gasteiger partial charge in [0.2, 0.25) is 118 Å². The summed E-state index contributed by atoms with van der Waals surface area (Å²) in [5.74, 6) is -31.6. The lowest BCUT2D eigenvalue weighted by atomic mass is 10.00. The average Bonchev–Trinajstić information content (AvgIpc) is 1.55. The number of benzene rings is 2. The van der Waals surface area contributed by atoms with Gasteiger partial charge in [0.15, 0.2) is 0 Å². The highest BCUT2D eigenvalue weighted by Crippen LogP contribution is 2.17. The van der Waals surface area contributed by atoms with E-state index >= 15 is 0 Å². The summed E-state index contributed by atoms with van der Waals surface area (Å²) < 4.78 is 0. The molecule has 0 aliphatic rings. The Balaban J connectivity index is 1.81. The van der Waals surface area contributed by atoms with Crippen LogP contribution < -0.4 is 118 Å². The molecular weight excluding hydrogens is 1970 g/mol. The van der Waals surface area contributed by atoms with Crippen molar-refractivity contribution in [1.82, 2.24) is 111 Å². The van der Waals surface area contributed by atoms with Gasteiger partial charge in [-0.05, 0) is 128 Å². The second-order valence-electron chi connectivity index (χ2n) is 36.1.